The van der Waals surface area contributed by atoms with Crippen LogP contribution < -0.4 is 10.6 Å². The minimum atomic E-state index is -0.190. The van der Waals surface area contributed by atoms with Crippen LogP contribution in [-0.4, -0.2) is 47.7 Å². The molecule has 27 heavy (non-hydrogen) atoms. The molecule has 0 aromatic carbocycles. The topological polar surface area (TPSA) is 85.2 Å². The molecule has 0 spiro atoms. The van der Waals surface area contributed by atoms with Gasteiger partial charge < -0.3 is 19.9 Å². The number of imidazole rings is 1. The maximum Gasteiger partial charge on any atom is 0.287 e. The Morgan fingerprint density at radius 1 is 1.11 bits per heavy atom. The van der Waals surface area contributed by atoms with Crippen LogP contribution in [0, 0.1) is 0 Å². The lowest BCUT2D eigenvalue weighted by atomic mass is 10.1. The highest BCUT2D eigenvalue weighted by Crippen LogP contribution is 2.22. The normalized spacial score (nSPS) is 17.8. The molecular formula is C20H32N4O3. The first kappa shape index (κ1) is 19.9. The highest BCUT2D eigenvalue weighted by Gasteiger charge is 2.28. The van der Waals surface area contributed by atoms with Crippen LogP contribution >= 0.6 is 0 Å². The number of nitrogens with one attached hydrogen (secondary N) is 2. The van der Waals surface area contributed by atoms with E-state index in [1.165, 1.54) is 25.7 Å². The molecule has 0 unspecified atom stereocenters. The zero-order chi connectivity index (χ0) is 19.1. The van der Waals surface area contributed by atoms with Crippen molar-refractivity contribution in [1.29, 1.82) is 0 Å². The van der Waals surface area contributed by atoms with Crippen LogP contribution in [-0.2, 0) is 17.7 Å². The van der Waals surface area contributed by atoms with Crippen molar-refractivity contribution in [2.24, 2.45) is 0 Å². The van der Waals surface area contributed by atoms with E-state index in [1.54, 1.807) is 7.11 Å². The maximum atomic E-state index is 12.9. The molecule has 1 saturated carbocycles. The first-order chi connectivity index (χ1) is 13.2. The molecule has 0 radical (unpaired) electrons. The molecule has 7 heteroatoms. The summed E-state index contributed by atoms with van der Waals surface area (Å²) in [5, 5.41) is 6.07. The predicted molar refractivity (Wildman–Crippen MR) is 103 cm³/mol. The molecule has 2 amide bonds. The molecular weight excluding hydrogens is 344 g/mol. The number of carbonyl (C=O) groups is 2. The summed E-state index contributed by atoms with van der Waals surface area (Å²) in [4.78, 5) is 30.0. The van der Waals surface area contributed by atoms with E-state index in [0.29, 0.717) is 24.7 Å². The summed E-state index contributed by atoms with van der Waals surface area (Å²) in [6.07, 6.45) is 10.5. The summed E-state index contributed by atoms with van der Waals surface area (Å²) in [5.41, 5.74) is 1.31. The molecule has 1 aliphatic carbocycles. The third kappa shape index (κ3) is 5.09. The largest absolute Gasteiger partial charge is 0.385 e. The SMILES string of the molecule is COCCCNC(=O)c1nc(C(=O)NC2CCCCCC2)n2c1CCCC2. The maximum absolute atomic E-state index is 12.9. The number of aromatic nitrogens is 2. The van der Waals surface area contributed by atoms with Crippen LogP contribution in [0.25, 0.3) is 0 Å². The first-order valence-corrected chi connectivity index (χ1v) is 10.4. The van der Waals surface area contributed by atoms with Gasteiger partial charge in [-0.3, -0.25) is 9.59 Å². The summed E-state index contributed by atoms with van der Waals surface area (Å²) in [6, 6.07) is 0.225. The number of hydrogen-bond donors (Lipinski definition) is 2. The second-order valence-electron chi connectivity index (χ2n) is 7.60. The van der Waals surface area contributed by atoms with Crippen LogP contribution in [0.3, 0.4) is 0 Å². The first-order valence-electron chi connectivity index (χ1n) is 10.4. The van der Waals surface area contributed by atoms with Crippen molar-refractivity contribution in [3.63, 3.8) is 0 Å². The zero-order valence-corrected chi connectivity index (χ0v) is 16.4. The van der Waals surface area contributed by atoms with Gasteiger partial charge in [-0.25, -0.2) is 4.98 Å². The van der Waals surface area contributed by atoms with Gasteiger partial charge in [0, 0.05) is 32.8 Å². The second-order valence-corrected chi connectivity index (χ2v) is 7.60. The smallest absolute Gasteiger partial charge is 0.287 e. The van der Waals surface area contributed by atoms with Gasteiger partial charge in [0.2, 0.25) is 0 Å². The third-order valence-corrected chi connectivity index (χ3v) is 5.54. The predicted octanol–water partition coefficient (Wildman–Crippen LogP) is 2.44. The molecule has 2 heterocycles. The third-order valence-electron chi connectivity index (χ3n) is 5.54. The van der Waals surface area contributed by atoms with Crippen LogP contribution in [0.1, 0.15) is 84.6 Å². The molecule has 1 aromatic rings. The molecule has 1 fully saturated rings. The summed E-state index contributed by atoms with van der Waals surface area (Å²) < 4.78 is 6.97. The van der Waals surface area contributed by atoms with Crippen molar-refractivity contribution in [2.45, 2.75) is 76.8 Å². The zero-order valence-electron chi connectivity index (χ0n) is 16.4. The number of rotatable bonds is 7. The van der Waals surface area contributed by atoms with E-state index >= 15 is 0 Å². The van der Waals surface area contributed by atoms with Crippen LogP contribution in [0.2, 0.25) is 0 Å². The molecule has 1 aliphatic heterocycles. The highest BCUT2D eigenvalue weighted by molar-refractivity contribution is 5.97. The van der Waals surface area contributed by atoms with Gasteiger partial charge in [-0.2, -0.15) is 0 Å². The van der Waals surface area contributed by atoms with Crippen molar-refractivity contribution in [2.75, 3.05) is 20.3 Å². The molecule has 0 atom stereocenters. The Labute approximate surface area is 161 Å². The summed E-state index contributed by atoms with van der Waals surface area (Å²) >= 11 is 0. The second kappa shape index (κ2) is 9.88. The summed E-state index contributed by atoms with van der Waals surface area (Å²) in [6.45, 7) is 1.91. The Morgan fingerprint density at radius 2 is 1.89 bits per heavy atom. The van der Waals surface area contributed by atoms with Crippen molar-refractivity contribution in [3.05, 3.63) is 17.2 Å². The minimum absolute atomic E-state index is 0.136. The molecule has 3 rings (SSSR count). The number of hydrogen-bond acceptors (Lipinski definition) is 4. The van der Waals surface area contributed by atoms with Gasteiger partial charge in [0.15, 0.2) is 5.82 Å². The average molecular weight is 377 g/mol. The van der Waals surface area contributed by atoms with E-state index in [-0.39, 0.29) is 17.9 Å². The molecule has 1 aromatic heterocycles. The lowest BCUT2D eigenvalue weighted by Crippen LogP contribution is -2.36. The van der Waals surface area contributed by atoms with E-state index < -0.39 is 0 Å². The lowest BCUT2D eigenvalue weighted by molar-refractivity contribution is 0.0917. The van der Waals surface area contributed by atoms with Gasteiger partial charge in [-0.15, -0.1) is 0 Å². The Kier molecular flexibility index (Phi) is 7.26. The van der Waals surface area contributed by atoms with E-state index in [9.17, 15) is 9.59 Å². The van der Waals surface area contributed by atoms with Crippen molar-refractivity contribution < 1.29 is 14.3 Å². The fourth-order valence-electron chi connectivity index (χ4n) is 4.07. The number of fused-ring (bicyclic) bond motifs is 1. The fourth-order valence-corrected chi connectivity index (χ4v) is 4.07. The molecule has 0 saturated heterocycles. The Morgan fingerprint density at radius 3 is 2.63 bits per heavy atom. The van der Waals surface area contributed by atoms with Crippen LogP contribution in [0.15, 0.2) is 0 Å². The highest BCUT2D eigenvalue weighted by atomic mass is 16.5. The van der Waals surface area contributed by atoms with Crippen LogP contribution in [0.5, 0.6) is 0 Å². The average Bonchev–Trinajstić information content (AvgIpc) is 2.88. The number of carbonyl (C=O) groups excluding carboxylic acids is 2. The molecule has 2 N–H and O–H groups in total. The molecule has 7 nitrogen and oxygen atoms in total. The Hall–Kier alpha value is -1.89. The van der Waals surface area contributed by atoms with Crippen LogP contribution in [0.4, 0.5) is 0 Å². The number of ether oxygens (including phenoxy) is 1. The molecule has 0 bridgehead atoms. The van der Waals surface area contributed by atoms with Crippen molar-refractivity contribution >= 4 is 11.8 Å². The monoisotopic (exact) mass is 376 g/mol. The molecule has 150 valence electrons. The summed E-state index contributed by atoms with van der Waals surface area (Å²) in [7, 11) is 1.65. The Balaban J connectivity index is 1.72. The van der Waals surface area contributed by atoms with E-state index in [0.717, 1.165) is 50.8 Å². The Bertz CT molecular complexity index is 648. The van der Waals surface area contributed by atoms with Gasteiger partial charge >= 0.3 is 0 Å². The lowest BCUT2D eigenvalue weighted by Gasteiger charge is -2.19. The van der Waals surface area contributed by atoms with E-state index in [4.69, 9.17) is 4.74 Å². The van der Waals surface area contributed by atoms with Gasteiger partial charge in [0.05, 0.1) is 5.69 Å². The minimum Gasteiger partial charge on any atom is -0.385 e. The standard InChI is InChI=1S/C20H32N4O3/c1-27-14-8-12-21-19(25)17-16-11-6-7-13-24(16)18(23-17)20(26)22-15-9-4-2-3-5-10-15/h15H,2-14H2,1H3,(H,21,25)(H,22,26). The number of methoxy groups -OCH3 is 1. The summed E-state index contributed by atoms with van der Waals surface area (Å²) in [5.74, 6) is 0.0738. The van der Waals surface area contributed by atoms with Gasteiger partial charge in [0.1, 0.15) is 5.69 Å². The fraction of sp³-hybridized carbons (Fsp3) is 0.750. The number of nitrogens with zero attached hydrogens (tertiary/aromatic N) is 2. The van der Waals surface area contributed by atoms with E-state index in [2.05, 4.69) is 15.6 Å². The van der Waals surface area contributed by atoms with Gasteiger partial charge in [-0.05, 0) is 38.5 Å². The van der Waals surface area contributed by atoms with Gasteiger partial charge in [-0.1, -0.05) is 25.7 Å². The quantitative estimate of drug-likeness (QED) is 0.565. The van der Waals surface area contributed by atoms with Crippen molar-refractivity contribution in [3.8, 4) is 0 Å². The number of amides is 2. The molecule has 2 aliphatic rings. The van der Waals surface area contributed by atoms with Gasteiger partial charge in [0.25, 0.3) is 11.8 Å². The van der Waals surface area contributed by atoms with Crippen molar-refractivity contribution in [1.82, 2.24) is 20.2 Å². The van der Waals surface area contributed by atoms with E-state index in [1.807, 2.05) is 4.57 Å².